The number of carboxylic acid groups (broad SMARTS) is 1. The van der Waals surface area contributed by atoms with Crippen LogP contribution in [0.25, 0.3) is 0 Å². The highest BCUT2D eigenvalue weighted by molar-refractivity contribution is 9.10. The molecule has 0 saturated carbocycles. The van der Waals surface area contributed by atoms with E-state index in [4.69, 9.17) is 4.74 Å². The van der Waals surface area contributed by atoms with Crippen LogP contribution in [0, 0.1) is 5.82 Å². The Morgan fingerprint density at radius 3 is 2.58 bits per heavy atom. The monoisotopic (exact) mass is 513 g/mol. The molecule has 6 nitrogen and oxygen atoms in total. The van der Waals surface area contributed by atoms with Crippen molar-refractivity contribution < 1.29 is 28.6 Å². The van der Waals surface area contributed by atoms with Crippen molar-refractivity contribution in [3.05, 3.63) is 92.5 Å². The Labute approximate surface area is 198 Å². The van der Waals surface area contributed by atoms with Gasteiger partial charge < -0.3 is 15.2 Å². The molecule has 33 heavy (non-hydrogen) atoms. The van der Waals surface area contributed by atoms with Crippen molar-refractivity contribution in [2.75, 3.05) is 0 Å². The summed E-state index contributed by atoms with van der Waals surface area (Å²) in [6, 6.07) is 12.5. The third-order valence-electron chi connectivity index (χ3n) is 5.82. The van der Waals surface area contributed by atoms with Gasteiger partial charge in [0.05, 0.1) is 10.0 Å². The van der Waals surface area contributed by atoms with Crippen LogP contribution in [0.3, 0.4) is 0 Å². The summed E-state index contributed by atoms with van der Waals surface area (Å²) in [5.74, 6) is -3.55. The minimum atomic E-state index is -1.52. The molecule has 2 aromatic rings. The van der Waals surface area contributed by atoms with Crippen LogP contribution in [-0.4, -0.2) is 22.8 Å². The Kier molecular flexibility index (Phi) is 6.47. The molecule has 0 spiro atoms. The summed E-state index contributed by atoms with van der Waals surface area (Å²) in [7, 11) is 0. The molecule has 8 heteroatoms. The average Bonchev–Trinajstić information content (AvgIpc) is 2.79. The normalized spacial score (nSPS) is 19.0. The lowest BCUT2D eigenvalue weighted by molar-refractivity contribution is -0.162. The fourth-order valence-electron chi connectivity index (χ4n) is 4.34. The summed E-state index contributed by atoms with van der Waals surface area (Å²) in [5.41, 5.74) is 2.61. The van der Waals surface area contributed by atoms with Gasteiger partial charge in [-0.25, -0.2) is 14.0 Å². The Balaban J connectivity index is 1.79. The van der Waals surface area contributed by atoms with Gasteiger partial charge in [0.25, 0.3) is 0 Å². The number of halogens is 2. The van der Waals surface area contributed by atoms with E-state index in [-0.39, 0.29) is 15.8 Å². The Bertz CT molecular complexity index is 1200. The second-order valence-corrected chi connectivity index (χ2v) is 8.83. The van der Waals surface area contributed by atoms with Gasteiger partial charge in [-0.2, -0.15) is 0 Å². The highest BCUT2D eigenvalue weighted by Gasteiger charge is 2.40. The van der Waals surface area contributed by atoms with Crippen molar-refractivity contribution in [2.45, 2.75) is 38.2 Å². The third-order valence-corrected chi connectivity index (χ3v) is 6.43. The molecule has 2 aromatic carbocycles. The number of dihydropyridines is 1. The van der Waals surface area contributed by atoms with E-state index in [0.29, 0.717) is 41.7 Å². The average molecular weight is 514 g/mol. The SMILES string of the molecule is CC1=C(C(=O)O[C@@H](C(=O)O)c2ccccc2)C(c2ccc(F)c(Br)c2)C2=C(CCCC2=O)N1. The minimum absolute atomic E-state index is 0.107. The standard InChI is InChI=1S/C25H21BrFNO5/c1-13-20(25(32)33-23(24(30)31)14-6-3-2-4-7-14)21(15-10-11-17(27)16(26)12-15)22-18(28-13)8-5-9-19(22)29/h2-4,6-7,10-12,21,23,28H,5,8-9H2,1H3,(H,30,31)/t21?,23-/m1/s1. The first kappa shape index (κ1) is 22.9. The molecule has 2 aliphatic rings. The van der Waals surface area contributed by atoms with E-state index in [1.165, 1.54) is 18.2 Å². The third kappa shape index (κ3) is 4.48. The van der Waals surface area contributed by atoms with Gasteiger partial charge in [-0.1, -0.05) is 36.4 Å². The number of carbonyl (C=O) groups is 3. The molecule has 1 aliphatic carbocycles. The Hall–Kier alpha value is -3.26. The van der Waals surface area contributed by atoms with Crippen molar-refractivity contribution in [2.24, 2.45) is 0 Å². The molecule has 4 rings (SSSR count). The number of ketones is 1. The van der Waals surface area contributed by atoms with Crippen LogP contribution in [0.5, 0.6) is 0 Å². The second-order valence-electron chi connectivity index (χ2n) is 7.97. The zero-order valence-electron chi connectivity index (χ0n) is 17.7. The zero-order valence-corrected chi connectivity index (χ0v) is 19.3. The smallest absolute Gasteiger partial charge is 0.349 e. The van der Waals surface area contributed by atoms with Gasteiger partial charge >= 0.3 is 11.9 Å². The van der Waals surface area contributed by atoms with E-state index in [2.05, 4.69) is 21.2 Å². The van der Waals surface area contributed by atoms with Gasteiger partial charge in [0.2, 0.25) is 6.10 Å². The Morgan fingerprint density at radius 2 is 1.91 bits per heavy atom. The molecule has 1 heterocycles. The van der Waals surface area contributed by atoms with Crippen molar-refractivity contribution in [3.8, 4) is 0 Å². The molecule has 0 aromatic heterocycles. The number of aliphatic carboxylic acids is 1. The molecule has 0 fully saturated rings. The van der Waals surface area contributed by atoms with Crippen LogP contribution in [0.1, 0.15) is 49.3 Å². The van der Waals surface area contributed by atoms with E-state index in [0.717, 1.165) is 5.70 Å². The summed E-state index contributed by atoms with van der Waals surface area (Å²) < 4.78 is 19.6. The largest absolute Gasteiger partial charge is 0.478 e. The van der Waals surface area contributed by atoms with Crippen LogP contribution < -0.4 is 5.32 Å². The number of esters is 1. The quantitative estimate of drug-likeness (QED) is 0.551. The maximum absolute atomic E-state index is 13.9. The minimum Gasteiger partial charge on any atom is -0.478 e. The highest BCUT2D eigenvalue weighted by Crippen LogP contribution is 2.43. The van der Waals surface area contributed by atoms with Gasteiger partial charge in [-0.05, 0) is 53.4 Å². The molecule has 1 unspecified atom stereocenters. The lowest BCUT2D eigenvalue weighted by Crippen LogP contribution is -2.35. The first-order valence-electron chi connectivity index (χ1n) is 10.5. The Morgan fingerprint density at radius 1 is 1.18 bits per heavy atom. The molecule has 0 amide bonds. The molecule has 0 bridgehead atoms. The number of allylic oxidation sites excluding steroid dienone is 3. The number of hydrogen-bond donors (Lipinski definition) is 2. The van der Waals surface area contributed by atoms with E-state index in [9.17, 15) is 23.9 Å². The van der Waals surface area contributed by atoms with Crippen LogP contribution >= 0.6 is 15.9 Å². The predicted molar refractivity (Wildman–Crippen MR) is 121 cm³/mol. The number of nitrogens with one attached hydrogen (secondary N) is 1. The highest BCUT2D eigenvalue weighted by atomic mass is 79.9. The van der Waals surface area contributed by atoms with Gasteiger partial charge in [0.1, 0.15) is 5.82 Å². The number of carboxylic acids is 1. The molecular weight excluding hydrogens is 493 g/mol. The number of carbonyl (C=O) groups excluding carboxylic acids is 2. The predicted octanol–water partition coefficient (Wildman–Crippen LogP) is 4.93. The van der Waals surface area contributed by atoms with E-state index < -0.39 is 29.8 Å². The number of ether oxygens (including phenoxy) is 1. The first-order chi connectivity index (χ1) is 15.8. The fraction of sp³-hybridized carbons (Fsp3) is 0.240. The van der Waals surface area contributed by atoms with Crippen molar-refractivity contribution >= 4 is 33.7 Å². The van der Waals surface area contributed by atoms with E-state index in [1.807, 2.05) is 0 Å². The first-order valence-corrected chi connectivity index (χ1v) is 11.2. The van der Waals surface area contributed by atoms with Crippen LogP contribution in [0.4, 0.5) is 4.39 Å². The van der Waals surface area contributed by atoms with Gasteiger partial charge in [0.15, 0.2) is 5.78 Å². The fourth-order valence-corrected chi connectivity index (χ4v) is 4.74. The molecule has 0 radical (unpaired) electrons. The summed E-state index contributed by atoms with van der Waals surface area (Å²) in [4.78, 5) is 38.2. The van der Waals surface area contributed by atoms with E-state index in [1.54, 1.807) is 37.3 Å². The summed E-state index contributed by atoms with van der Waals surface area (Å²) in [5, 5.41) is 12.9. The summed E-state index contributed by atoms with van der Waals surface area (Å²) in [6.07, 6.45) is 0.147. The van der Waals surface area contributed by atoms with Crippen molar-refractivity contribution in [1.29, 1.82) is 0 Å². The lowest BCUT2D eigenvalue weighted by Gasteiger charge is -2.34. The maximum Gasteiger partial charge on any atom is 0.349 e. The van der Waals surface area contributed by atoms with Crippen molar-refractivity contribution in [1.82, 2.24) is 5.32 Å². The number of Topliss-reactive ketones (excluding diaryl/α,β-unsaturated/α-hetero) is 1. The maximum atomic E-state index is 13.9. The molecule has 2 atom stereocenters. The number of hydrogen-bond acceptors (Lipinski definition) is 5. The molecule has 0 saturated heterocycles. The molecule has 1 aliphatic heterocycles. The number of rotatable bonds is 5. The molecule has 2 N–H and O–H groups in total. The van der Waals surface area contributed by atoms with Crippen LogP contribution in [0.2, 0.25) is 0 Å². The summed E-state index contributed by atoms with van der Waals surface area (Å²) >= 11 is 3.18. The van der Waals surface area contributed by atoms with Gasteiger partial charge in [-0.3, -0.25) is 4.79 Å². The topological polar surface area (TPSA) is 92.7 Å². The van der Waals surface area contributed by atoms with Crippen LogP contribution in [-0.2, 0) is 19.1 Å². The van der Waals surface area contributed by atoms with Gasteiger partial charge in [-0.15, -0.1) is 0 Å². The zero-order chi connectivity index (χ0) is 23.7. The van der Waals surface area contributed by atoms with Crippen molar-refractivity contribution in [3.63, 3.8) is 0 Å². The summed E-state index contributed by atoms with van der Waals surface area (Å²) in [6.45, 7) is 1.68. The number of benzene rings is 2. The van der Waals surface area contributed by atoms with E-state index >= 15 is 0 Å². The lowest BCUT2D eigenvalue weighted by atomic mass is 9.75. The second kappa shape index (κ2) is 9.31. The van der Waals surface area contributed by atoms with Gasteiger partial charge in [0, 0.05) is 34.9 Å². The molecular formula is C25H21BrFNO5. The molecule has 170 valence electrons. The van der Waals surface area contributed by atoms with Crippen LogP contribution in [0.15, 0.2) is 75.5 Å².